The Morgan fingerprint density at radius 2 is 2.04 bits per heavy atom. The lowest BCUT2D eigenvalue weighted by Crippen LogP contribution is -2.51. The van der Waals surface area contributed by atoms with Crippen molar-refractivity contribution in [3.63, 3.8) is 0 Å². The molecular weight excluding hydrogens is 342 g/mol. The van der Waals surface area contributed by atoms with Crippen LogP contribution in [0.3, 0.4) is 0 Å². The Labute approximate surface area is 148 Å². The maximum Gasteiger partial charge on any atom is 0.246 e. The lowest BCUT2D eigenvalue weighted by Gasteiger charge is -2.34. The zero-order valence-electron chi connectivity index (χ0n) is 14.2. The maximum atomic E-state index is 12.4. The molecule has 2 amide bonds. The predicted octanol–water partition coefficient (Wildman–Crippen LogP) is 0.600. The zero-order chi connectivity index (χ0) is 18.4. The number of nitrogens with one attached hydrogen (secondary N) is 1. The molecule has 1 aliphatic heterocycles. The first-order valence-corrected chi connectivity index (χ1v) is 9.54. The molecule has 0 radical (unpaired) electrons. The van der Waals surface area contributed by atoms with Crippen LogP contribution in [0.4, 0.5) is 0 Å². The number of nitrogens with zero attached hydrogens (tertiary/aromatic N) is 2. The molecule has 0 saturated carbocycles. The molecule has 1 atom stereocenters. The molecular formula is C17H23N3O4S. The average molecular weight is 365 g/mol. The summed E-state index contributed by atoms with van der Waals surface area (Å²) in [5.41, 5.74) is 0. The molecule has 1 N–H and O–H groups in total. The fourth-order valence-electron chi connectivity index (χ4n) is 2.72. The fraction of sp³-hybridized carbons (Fsp3) is 0.412. The third kappa shape index (κ3) is 5.14. The maximum absolute atomic E-state index is 12.4. The Morgan fingerprint density at radius 3 is 2.68 bits per heavy atom. The molecule has 1 fully saturated rings. The van der Waals surface area contributed by atoms with Crippen LogP contribution in [0.1, 0.15) is 12.8 Å². The van der Waals surface area contributed by atoms with Gasteiger partial charge in [0.15, 0.2) is 0 Å². The summed E-state index contributed by atoms with van der Waals surface area (Å²) in [6, 6.07) is 7.80. The van der Waals surface area contributed by atoms with Crippen LogP contribution in [0.25, 0.3) is 0 Å². The van der Waals surface area contributed by atoms with Gasteiger partial charge in [0, 0.05) is 26.2 Å². The monoisotopic (exact) mass is 365 g/mol. The minimum atomic E-state index is -3.62. The number of likely N-dealkylation sites (N-methyl/N-ethyl adjacent to an activating group) is 1. The molecule has 1 aliphatic rings. The minimum Gasteiger partial charge on any atom is -0.340 e. The summed E-state index contributed by atoms with van der Waals surface area (Å²) in [7, 11) is -2.09. The van der Waals surface area contributed by atoms with Gasteiger partial charge in [-0.15, -0.1) is 0 Å². The number of amides is 2. The Hall–Kier alpha value is -2.19. The molecule has 1 aromatic rings. The lowest BCUT2D eigenvalue weighted by atomic mass is 10.1. The van der Waals surface area contributed by atoms with Crippen molar-refractivity contribution in [2.24, 2.45) is 0 Å². The highest BCUT2D eigenvalue weighted by atomic mass is 32.2. The molecule has 0 bridgehead atoms. The van der Waals surface area contributed by atoms with E-state index in [0.29, 0.717) is 25.9 Å². The van der Waals surface area contributed by atoms with Gasteiger partial charge in [-0.3, -0.25) is 9.59 Å². The molecule has 7 nitrogen and oxygen atoms in total. The Bertz CT molecular complexity index is 734. The minimum absolute atomic E-state index is 0.0526. The number of likely N-dealkylation sites (tertiary alicyclic amines) is 1. The zero-order valence-corrected chi connectivity index (χ0v) is 15.0. The smallest absolute Gasteiger partial charge is 0.246 e. The SMILES string of the molecule is C=CC(=O)N(C)CC(=O)N1CCCC(NS(=O)(=O)c2ccccc2)C1. The summed E-state index contributed by atoms with van der Waals surface area (Å²) < 4.78 is 27.5. The van der Waals surface area contributed by atoms with Crippen LogP contribution >= 0.6 is 0 Å². The largest absolute Gasteiger partial charge is 0.340 e. The Balaban J connectivity index is 1.98. The molecule has 1 saturated heterocycles. The van der Waals surface area contributed by atoms with E-state index in [1.165, 1.54) is 24.1 Å². The van der Waals surface area contributed by atoms with Gasteiger partial charge in [-0.05, 0) is 31.1 Å². The van der Waals surface area contributed by atoms with E-state index < -0.39 is 10.0 Å². The van der Waals surface area contributed by atoms with E-state index in [1.807, 2.05) is 0 Å². The van der Waals surface area contributed by atoms with Crippen molar-refractivity contribution in [1.29, 1.82) is 0 Å². The van der Waals surface area contributed by atoms with Crippen molar-refractivity contribution in [2.75, 3.05) is 26.7 Å². The first kappa shape index (κ1) is 19.1. The summed E-state index contributed by atoms with van der Waals surface area (Å²) in [4.78, 5) is 26.9. The van der Waals surface area contributed by atoms with Crippen LogP contribution in [0.5, 0.6) is 0 Å². The number of hydrogen-bond acceptors (Lipinski definition) is 4. The van der Waals surface area contributed by atoms with Crippen molar-refractivity contribution < 1.29 is 18.0 Å². The van der Waals surface area contributed by atoms with Crippen molar-refractivity contribution in [3.05, 3.63) is 43.0 Å². The first-order chi connectivity index (χ1) is 11.8. The standard InChI is InChI=1S/C17H23N3O4S/c1-3-16(21)19(2)13-17(22)20-11-7-8-14(12-20)18-25(23,24)15-9-5-4-6-10-15/h3-6,9-10,14,18H,1,7-8,11-13H2,2H3. The van der Waals surface area contributed by atoms with E-state index in [1.54, 1.807) is 23.1 Å². The van der Waals surface area contributed by atoms with Crippen LogP contribution < -0.4 is 4.72 Å². The number of sulfonamides is 1. The first-order valence-electron chi connectivity index (χ1n) is 8.06. The van der Waals surface area contributed by atoms with Crippen molar-refractivity contribution >= 4 is 21.8 Å². The highest BCUT2D eigenvalue weighted by Gasteiger charge is 2.28. The average Bonchev–Trinajstić information content (AvgIpc) is 2.61. The van der Waals surface area contributed by atoms with Gasteiger partial charge in [-0.2, -0.15) is 0 Å². The van der Waals surface area contributed by atoms with Gasteiger partial charge in [0.05, 0.1) is 11.4 Å². The number of carbonyl (C=O) groups is 2. The molecule has 0 spiro atoms. The van der Waals surface area contributed by atoms with E-state index in [4.69, 9.17) is 0 Å². The van der Waals surface area contributed by atoms with Gasteiger partial charge < -0.3 is 9.80 Å². The van der Waals surface area contributed by atoms with Crippen LogP contribution in [0, 0.1) is 0 Å². The number of piperidine rings is 1. The normalized spacial score (nSPS) is 17.8. The molecule has 1 aromatic carbocycles. The van der Waals surface area contributed by atoms with Crippen LogP contribution in [-0.2, 0) is 19.6 Å². The van der Waals surface area contributed by atoms with Crippen molar-refractivity contribution in [2.45, 2.75) is 23.8 Å². The molecule has 25 heavy (non-hydrogen) atoms. The quantitative estimate of drug-likeness (QED) is 0.748. The second-order valence-corrected chi connectivity index (χ2v) is 7.73. The van der Waals surface area contributed by atoms with Gasteiger partial charge in [0.2, 0.25) is 21.8 Å². The number of benzene rings is 1. The van der Waals surface area contributed by atoms with E-state index in [2.05, 4.69) is 11.3 Å². The fourth-order valence-corrected chi connectivity index (χ4v) is 4.01. The van der Waals surface area contributed by atoms with Gasteiger partial charge in [0.1, 0.15) is 0 Å². The number of carbonyl (C=O) groups excluding carboxylic acids is 2. The summed E-state index contributed by atoms with van der Waals surface area (Å²) >= 11 is 0. The van der Waals surface area contributed by atoms with Gasteiger partial charge in [0.25, 0.3) is 0 Å². The molecule has 8 heteroatoms. The van der Waals surface area contributed by atoms with Crippen molar-refractivity contribution in [1.82, 2.24) is 14.5 Å². The molecule has 1 heterocycles. The summed E-state index contributed by atoms with van der Waals surface area (Å²) in [6.07, 6.45) is 2.52. The topological polar surface area (TPSA) is 86.8 Å². The third-order valence-corrected chi connectivity index (χ3v) is 5.61. The van der Waals surface area contributed by atoms with Crippen LogP contribution in [0.15, 0.2) is 47.9 Å². The van der Waals surface area contributed by atoms with E-state index in [9.17, 15) is 18.0 Å². The highest BCUT2D eigenvalue weighted by molar-refractivity contribution is 7.89. The van der Waals surface area contributed by atoms with Crippen LogP contribution in [0.2, 0.25) is 0 Å². The molecule has 0 aliphatic carbocycles. The predicted molar refractivity (Wildman–Crippen MR) is 94.2 cm³/mol. The second-order valence-electron chi connectivity index (χ2n) is 6.01. The van der Waals surface area contributed by atoms with Gasteiger partial charge >= 0.3 is 0 Å². The number of rotatable bonds is 6. The Kier molecular flexibility index (Phi) is 6.33. The van der Waals surface area contributed by atoms with Gasteiger partial charge in [-0.1, -0.05) is 24.8 Å². The van der Waals surface area contributed by atoms with Gasteiger partial charge in [-0.25, -0.2) is 13.1 Å². The van der Waals surface area contributed by atoms with E-state index >= 15 is 0 Å². The van der Waals surface area contributed by atoms with Crippen LogP contribution in [-0.4, -0.2) is 62.8 Å². The van der Waals surface area contributed by atoms with E-state index in [0.717, 1.165) is 6.08 Å². The molecule has 1 unspecified atom stereocenters. The number of hydrogen-bond donors (Lipinski definition) is 1. The Morgan fingerprint density at radius 1 is 1.36 bits per heavy atom. The third-order valence-electron chi connectivity index (χ3n) is 4.07. The molecule has 0 aromatic heterocycles. The highest BCUT2D eigenvalue weighted by Crippen LogP contribution is 2.15. The molecule has 2 rings (SSSR count). The molecule has 136 valence electrons. The summed E-state index contributed by atoms with van der Waals surface area (Å²) in [5.74, 6) is -0.534. The van der Waals surface area contributed by atoms with Crippen molar-refractivity contribution in [3.8, 4) is 0 Å². The summed E-state index contributed by atoms with van der Waals surface area (Å²) in [6.45, 7) is 4.18. The second kappa shape index (κ2) is 8.26. The van der Waals surface area contributed by atoms with E-state index in [-0.39, 0.29) is 29.3 Å². The lowest BCUT2D eigenvalue weighted by molar-refractivity contribution is -0.138. The summed E-state index contributed by atoms with van der Waals surface area (Å²) in [5, 5.41) is 0.